The number of rotatable bonds is 7. The zero-order chi connectivity index (χ0) is 28.5. The van der Waals surface area contributed by atoms with Gasteiger partial charge in [0.25, 0.3) is 0 Å². The van der Waals surface area contributed by atoms with E-state index in [1.165, 1.54) is 43.2 Å². The quantitative estimate of drug-likeness (QED) is 0.124. The molecule has 1 heterocycles. The SMILES string of the molecule is CC(C)c1cccc(C(C)C)c1N1[CH-]C2(CC1(C)C)C1CC3CC(C1)CC2C3.CCOC(=O)[CH-]C(=O)OCC.[Au]. The van der Waals surface area contributed by atoms with E-state index in [2.05, 4.69) is 80.7 Å². The summed E-state index contributed by atoms with van der Waals surface area (Å²) in [7, 11) is 0. The number of hydrogen-bond acceptors (Lipinski definition) is 5. The summed E-state index contributed by atoms with van der Waals surface area (Å²) in [6, 6.07) is 7.06. The predicted molar refractivity (Wildman–Crippen MR) is 157 cm³/mol. The van der Waals surface area contributed by atoms with Gasteiger partial charge in [0.1, 0.15) is 0 Å². The predicted octanol–water partition coefficient (Wildman–Crippen LogP) is 7.84. The third-order valence-electron chi connectivity index (χ3n) is 9.81. The van der Waals surface area contributed by atoms with Gasteiger partial charge >= 0.3 is 0 Å². The monoisotopic (exact) mass is 734 g/mol. The Morgan fingerprint density at radius 2 is 1.35 bits per heavy atom. The van der Waals surface area contributed by atoms with E-state index in [1.807, 2.05) is 0 Å². The van der Waals surface area contributed by atoms with Gasteiger partial charge in [0.05, 0.1) is 13.2 Å². The molecule has 0 amide bonds. The fourth-order valence-corrected chi connectivity index (χ4v) is 8.48. The van der Waals surface area contributed by atoms with Crippen molar-refractivity contribution in [3.63, 3.8) is 0 Å². The van der Waals surface area contributed by atoms with Crippen LogP contribution in [0.4, 0.5) is 5.69 Å². The van der Waals surface area contributed by atoms with Gasteiger partial charge in [-0.15, -0.1) is 5.41 Å². The Labute approximate surface area is 259 Å². The first-order chi connectivity index (χ1) is 18.4. The largest absolute Gasteiger partial charge is 0.517 e. The van der Waals surface area contributed by atoms with Crippen molar-refractivity contribution in [2.75, 3.05) is 18.1 Å². The van der Waals surface area contributed by atoms with Gasteiger partial charge in [-0.05, 0) is 94.6 Å². The van der Waals surface area contributed by atoms with Crippen LogP contribution in [0.3, 0.4) is 0 Å². The van der Waals surface area contributed by atoms with Gasteiger partial charge in [0.15, 0.2) is 11.9 Å². The van der Waals surface area contributed by atoms with Crippen LogP contribution in [-0.4, -0.2) is 30.7 Å². The van der Waals surface area contributed by atoms with Crippen molar-refractivity contribution < 1.29 is 41.4 Å². The van der Waals surface area contributed by atoms with Gasteiger partial charge in [0.2, 0.25) is 0 Å². The average molecular weight is 735 g/mol. The molecule has 4 aliphatic carbocycles. The molecule has 40 heavy (non-hydrogen) atoms. The number of ether oxygens (including phenoxy) is 2. The molecule has 5 nitrogen and oxygen atoms in total. The van der Waals surface area contributed by atoms with Crippen LogP contribution in [0.2, 0.25) is 0 Å². The molecule has 0 atom stereocenters. The second-order valence-corrected chi connectivity index (χ2v) is 13.6. The molecule has 229 valence electrons. The maximum absolute atomic E-state index is 10.5. The topological polar surface area (TPSA) is 55.8 Å². The van der Waals surface area contributed by atoms with E-state index in [0.29, 0.717) is 17.3 Å². The number of benzene rings is 1. The van der Waals surface area contributed by atoms with Crippen LogP contribution in [0.25, 0.3) is 0 Å². The first kappa shape index (κ1) is 33.1. The molecule has 0 aromatic heterocycles. The zero-order valence-corrected chi connectivity index (χ0v) is 28.1. The Balaban J connectivity index is 0.000000316. The molecule has 0 unspecified atom stereocenters. The number of hydrogen-bond donors (Lipinski definition) is 0. The number of anilines is 1. The van der Waals surface area contributed by atoms with Crippen LogP contribution in [0.15, 0.2) is 18.2 Å². The van der Waals surface area contributed by atoms with Crippen molar-refractivity contribution in [3.05, 3.63) is 42.3 Å². The summed E-state index contributed by atoms with van der Waals surface area (Å²) in [5.41, 5.74) is 5.30. The molecule has 6 heteroatoms. The fraction of sp³-hybridized carbons (Fsp3) is 0.706. The van der Waals surface area contributed by atoms with Crippen molar-refractivity contribution in [2.45, 2.75) is 111 Å². The number of carbonyl (C=O) groups excluding carboxylic acids is 2. The summed E-state index contributed by atoms with van der Waals surface area (Å²) in [5.74, 6) is 3.79. The Hall–Kier alpha value is -1.43. The van der Waals surface area contributed by atoms with E-state index in [4.69, 9.17) is 0 Å². The molecule has 1 aliphatic heterocycles. The van der Waals surface area contributed by atoms with Crippen molar-refractivity contribution in [1.82, 2.24) is 0 Å². The molecule has 1 saturated heterocycles. The van der Waals surface area contributed by atoms with Crippen molar-refractivity contribution in [1.29, 1.82) is 0 Å². The van der Waals surface area contributed by atoms with Crippen LogP contribution in [0, 0.1) is 42.1 Å². The van der Waals surface area contributed by atoms with Gasteiger partial charge in [0, 0.05) is 33.6 Å². The molecule has 1 radical (unpaired) electrons. The van der Waals surface area contributed by atoms with Crippen molar-refractivity contribution in [2.24, 2.45) is 29.1 Å². The Morgan fingerprint density at radius 3 is 1.75 bits per heavy atom. The summed E-state index contributed by atoms with van der Waals surface area (Å²) in [4.78, 5) is 23.9. The maximum atomic E-state index is 10.5. The number of carbonyl (C=O) groups is 2. The third kappa shape index (κ3) is 6.63. The molecular weight excluding hydrogens is 683 g/mol. The van der Waals surface area contributed by atoms with Crippen LogP contribution in [0.5, 0.6) is 0 Å². The van der Waals surface area contributed by atoms with E-state index < -0.39 is 11.9 Å². The van der Waals surface area contributed by atoms with Crippen LogP contribution in [-0.2, 0) is 41.4 Å². The smallest absolute Gasteiger partial charge is 0.176 e. The van der Waals surface area contributed by atoms with E-state index >= 15 is 0 Å². The molecule has 4 saturated carbocycles. The second-order valence-electron chi connectivity index (χ2n) is 13.6. The third-order valence-corrected chi connectivity index (χ3v) is 9.81. The Bertz CT molecular complexity index is 963. The summed E-state index contributed by atoms with van der Waals surface area (Å²) in [6.45, 7) is 21.1. The average Bonchev–Trinajstić information content (AvgIpc) is 3.13. The minimum absolute atomic E-state index is 0. The van der Waals surface area contributed by atoms with Crippen molar-refractivity contribution >= 4 is 17.6 Å². The minimum Gasteiger partial charge on any atom is -0.517 e. The minimum atomic E-state index is -0.661. The van der Waals surface area contributed by atoms with Gasteiger partial charge in [-0.25, -0.2) is 6.54 Å². The molecular formula is C34H51AuNO4-2. The van der Waals surface area contributed by atoms with E-state index in [-0.39, 0.29) is 41.1 Å². The van der Waals surface area contributed by atoms with Gasteiger partial charge in [-0.2, -0.15) is 6.42 Å². The van der Waals surface area contributed by atoms with E-state index in [1.54, 1.807) is 26.0 Å². The zero-order valence-electron chi connectivity index (χ0n) is 25.9. The summed E-state index contributed by atoms with van der Waals surface area (Å²) in [6.07, 6.45) is 9.73. The first-order valence-corrected chi connectivity index (χ1v) is 15.4. The van der Waals surface area contributed by atoms with Crippen LogP contribution < -0.4 is 4.90 Å². The van der Waals surface area contributed by atoms with Gasteiger partial charge in [-0.3, -0.25) is 9.59 Å². The maximum Gasteiger partial charge on any atom is 0.176 e. The molecule has 4 bridgehead atoms. The Morgan fingerprint density at radius 1 is 0.900 bits per heavy atom. The van der Waals surface area contributed by atoms with E-state index in [0.717, 1.165) is 30.1 Å². The molecule has 1 aromatic carbocycles. The van der Waals surface area contributed by atoms with E-state index in [9.17, 15) is 9.59 Å². The summed E-state index contributed by atoms with van der Waals surface area (Å²) >= 11 is 0. The Kier molecular flexibility index (Phi) is 11.0. The molecule has 0 N–H and O–H groups in total. The number of esters is 2. The fourth-order valence-electron chi connectivity index (χ4n) is 8.48. The second kappa shape index (κ2) is 13.3. The molecule has 1 aromatic rings. The molecule has 1 spiro atoms. The van der Waals surface area contributed by atoms with Crippen LogP contribution in [0.1, 0.15) is 117 Å². The number of nitrogens with zero attached hydrogens (tertiary/aromatic N) is 1. The van der Waals surface area contributed by atoms with Gasteiger partial charge in [-0.1, -0.05) is 64.2 Å². The molecule has 5 fully saturated rings. The van der Waals surface area contributed by atoms with Crippen LogP contribution >= 0.6 is 0 Å². The normalized spacial score (nSPS) is 29.2. The molecule has 5 aliphatic rings. The summed E-state index contributed by atoms with van der Waals surface area (Å²) < 4.78 is 8.93. The first-order valence-electron chi connectivity index (χ1n) is 15.4. The summed E-state index contributed by atoms with van der Waals surface area (Å²) in [5, 5.41) is 0. The van der Waals surface area contributed by atoms with Crippen molar-refractivity contribution in [3.8, 4) is 0 Å². The number of para-hydroxylation sites is 1. The van der Waals surface area contributed by atoms with Gasteiger partial charge < -0.3 is 14.4 Å². The standard InChI is InChI=1S/C27H40N.C7H11O4.Au/c1-17(2)23-8-7-9-24(18(3)4)25(23)28-16-27(15-26(28,5)6)21-11-19-10-20(13-21)14-22(27)12-19;1-3-10-6(8)5-7(9)11-4-2;/h7-9,16-22H,10-15H2,1-6H3;5H,3-4H2,1-2H3;/q2*-1;. The molecule has 6 rings (SSSR count).